The number of hydrogen-bond acceptors (Lipinski definition) is 3. The molecule has 0 bridgehead atoms. The number of amides is 2. The zero-order valence-corrected chi connectivity index (χ0v) is 14.3. The van der Waals surface area contributed by atoms with E-state index in [4.69, 9.17) is 16.3 Å². The van der Waals surface area contributed by atoms with Crippen LogP contribution in [0.2, 0.25) is 5.02 Å². The number of benzene rings is 2. The Bertz CT molecular complexity index is 734. The summed E-state index contributed by atoms with van der Waals surface area (Å²) in [6, 6.07) is 14.1. The van der Waals surface area contributed by atoms with Crippen LogP contribution in [0.4, 0.5) is 11.4 Å². The Kier molecular flexibility index (Phi) is 6.21. The fourth-order valence-electron chi connectivity index (χ4n) is 2.26. The number of carbonyl (C=O) groups excluding carboxylic acids is 2. The van der Waals surface area contributed by atoms with Crippen molar-refractivity contribution in [3.05, 3.63) is 53.6 Å². The van der Waals surface area contributed by atoms with Crippen molar-refractivity contribution < 1.29 is 14.3 Å². The molecule has 0 atom stereocenters. The van der Waals surface area contributed by atoms with Gasteiger partial charge in [0.05, 0.1) is 17.8 Å². The minimum Gasteiger partial charge on any atom is -0.497 e. The molecule has 0 aromatic heterocycles. The van der Waals surface area contributed by atoms with Gasteiger partial charge >= 0.3 is 0 Å². The summed E-state index contributed by atoms with van der Waals surface area (Å²) in [4.78, 5) is 25.5. The number of anilines is 2. The maximum absolute atomic E-state index is 12.1. The molecular formula is C18H19ClN2O3. The van der Waals surface area contributed by atoms with E-state index in [1.807, 2.05) is 0 Å². The molecule has 126 valence electrons. The van der Waals surface area contributed by atoms with Gasteiger partial charge < -0.3 is 15.0 Å². The van der Waals surface area contributed by atoms with Crippen LogP contribution in [-0.2, 0) is 9.59 Å². The molecule has 0 radical (unpaired) electrons. The van der Waals surface area contributed by atoms with Crippen molar-refractivity contribution in [3.8, 4) is 5.75 Å². The molecule has 0 aliphatic carbocycles. The standard InChI is InChI=1S/C18H19ClN2O3/c1-13(22)21(17-9-4-3-8-16(17)19)11-10-18(23)20-14-6-5-7-15(12-14)24-2/h3-9,12H,10-11H2,1-2H3,(H,20,23). The van der Waals surface area contributed by atoms with Crippen molar-refractivity contribution in [1.29, 1.82) is 0 Å². The quantitative estimate of drug-likeness (QED) is 0.867. The molecule has 0 spiro atoms. The fourth-order valence-corrected chi connectivity index (χ4v) is 2.49. The molecule has 0 heterocycles. The lowest BCUT2D eigenvalue weighted by atomic mass is 10.2. The number of para-hydroxylation sites is 1. The van der Waals surface area contributed by atoms with Gasteiger partial charge in [-0.05, 0) is 24.3 Å². The average Bonchev–Trinajstić information content (AvgIpc) is 2.56. The van der Waals surface area contributed by atoms with Gasteiger partial charge in [-0.25, -0.2) is 0 Å². The third kappa shape index (κ3) is 4.73. The molecule has 6 heteroatoms. The summed E-state index contributed by atoms with van der Waals surface area (Å²) in [5, 5.41) is 3.26. The van der Waals surface area contributed by atoms with Gasteiger partial charge in [0.25, 0.3) is 0 Å². The molecule has 2 aromatic rings. The van der Waals surface area contributed by atoms with Crippen molar-refractivity contribution in [2.75, 3.05) is 23.9 Å². The number of hydrogen-bond donors (Lipinski definition) is 1. The molecule has 2 amide bonds. The largest absolute Gasteiger partial charge is 0.497 e. The van der Waals surface area contributed by atoms with Gasteiger partial charge in [-0.2, -0.15) is 0 Å². The van der Waals surface area contributed by atoms with Crippen LogP contribution < -0.4 is 15.0 Å². The third-order valence-corrected chi connectivity index (χ3v) is 3.76. The van der Waals surface area contributed by atoms with Crippen molar-refractivity contribution >= 4 is 34.8 Å². The molecule has 0 unspecified atom stereocenters. The van der Waals surface area contributed by atoms with Crippen molar-refractivity contribution in [3.63, 3.8) is 0 Å². The van der Waals surface area contributed by atoms with Crippen molar-refractivity contribution in [1.82, 2.24) is 0 Å². The van der Waals surface area contributed by atoms with E-state index in [9.17, 15) is 9.59 Å². The Balaban J connectivity index is 2.00. The van der Waals surface area contributed by atoms with Crippen molar-refractivity contribution in [2.45, 2.75) is 13.3 Å². The zero-order chi connectivity index (χ0) is 17.5. The van der Waals surface area contributed by atoms with E-state index in [0.717, 1.165) is 0 Å². The minimum absolute atomic E-state index is 0.155. The van der Waals surface area contributed by atoms with E-state index in [-0.39, 0.29) is 24.8 Å². The highest BCUT2D eigenvalue weighted by molar-refractivity contribution is 6.33. The first kappa shape index (κ1) is 17.8. The minimum atomic E-state index is -0.193. The maximum atomic E-state index is 12.1. The van der Waals surface area contributed by atoms with Crippen LogP contribution in [0.3, 0.4) is 0 Å². The highest BCUT2D eigenvalue weighted by atomic mass is 35.5. The van der Waals surface area contributed by atoms with Gasteiger partial charge in [0.1, 0.15) is 5.75 Å². The average molecular weight is 347 g/mol. The molecule has 2 aromatic carbocycles. The molecule has 5 nitrogen and oxygen atoms in total. The van der Waals surface area contributed by atoms with Crippen LogP contribution in [0.1, 0.15) is 13.3 Å². The second kappa shape index (κ2) is 8.36. The monoisotopic (exact) mass is 346 g/mol. The number of nitrogens with zero attached hydrogens (tertiary/aromatic N) is 1. The lowest BCUT2D eigenvalue weighted by molar-refractivity contribution is -0.117. The first-order valence-corrected chi connectivity index (χ1v) is 7.85. The predicted octanol–water partition coefficient (Wildman–Crippen LogP) is 3.73. The van der Waals surface area contributed by atoms with Gasteiger partial charge in [-0.1, -0.05) is 29.8 Å². The van der Waals surface area contributed by atoms with Crippen LogP contribution in [-0.4, -0.2) is 25.5 Å². The molecule has 0 aliphatic rings. The normalized spacial score (nSPS) is 10.1. The summed E-state index contributed by atoms with van der Waals surface area (Å²) in [7, 11) is 1.56. The van der Waals surface area contributed by atoms with Gasteiger partial charge in [0.15, 0.2) is 0 Å². The summed E-state index contributed by atoms with van der Waals surface area (Å²) >= 11 is 6.13. The molecule has 0 fully saturated rings. The highest BCUT2D eigenvalue weighted by Gasteiger charge is 2.16. The number of ether oxygens (including phenoxy) is 1. The van der Waals surface area contributed by atoms with Crippen LogP contribution >= 0.6 is 11.6 Å². The summed E-state index contributed by atoms with van der Waals surface area (Å²) < 4.78 is 5.12. The summed E-state index contributed by atoms with van der Waals surface area (Å²) in [6.07, 6.45) is 0.155. The van der Waals surface area contributed by atoms with E-state index in [0.29, 0.717) is 22.1 Å². The van der Waals surface area contributed by atoms with Crippen LogP contribution in [0.15, 0.2) is 48.5 Å². The molecular weight excluding hydrogens is 328 g/mol. The Labute approximate surface area is 146 Å². The maximum Gasteiger partial charge on any atom is 0.226 e. The molecule has 1 N–H and O–H groups in total. The summed E-state index contributed by atoms with van der Waals surface area (Å²) in [6.45, 7) is 1.69. The first-order valence-electron chi connectivity index (χ1n) is 7.48. The Morgan fingerprint density at radius 3 is 2.58 bits per heavy atom. The predicted molar refractivity (Wildman–Crippen MR) is 95.7 cm³/mol. The Morgan fingerprint density at radius 1 is 1.17 bits per heavy atom. The third-order valence-electron chi connectivity index (χ3n) is 3.44. The van der Waals surface area contributed by atoms with Crippen molar-refractivity contribution in [2.24, 2.45) is 0 Å². The van der Waals surface area contributed by atoms with Crippen LogP contribution in [0.5, 0.6) is 5.75 Å². The second-order valence-electron chi connectivity index (χ2n) is 5.15. The Morgan fingerprint density at radius 2 is 1.92 bits per heavy atom. The van der Waals surface area contributed by atoms with E-state index >= 15 is 0 Å². The van der Waals surface area contributed by atoms with E-state index < -0.39 is 0 Å². The molecule has 24 heavy (non-hydrogen) atoms. The van der Waals surface area contributed by atoms with Gasteiger partial charge in [-0.15, -0.1) is 0 Å². The smallest absolute Gasteiger partial charge is 0.226 e. The summed E-state index contributed by atoms with van der Waals surface area (Å²) in [5.74, 6) is 0.299. The van der Waals surface area contributed by atoms with E-state index in [1.165, 1.54) is 11.8 Å². The topological polar surface area (TPSA) is 58.6 Å². The lowest BCUT2D eigenvalue weighted by Gasteiger charge is -2.22. The molecule has 0 saturated heterocycles. The molecule has 2 rings (SSSR count). The zero-order valence-electron chi connectivity index (χ0n) is 13.6. The lowest BCUT2D eigenvalue weighted by Crippen LogP contribution is -2.32. The Hall–Kier alpha value is -2.53. The number of halogens is 1. The second-order valence-corrected chi connectivity index (χ2v) is 5.56. The van der Waals surface area contributed by atoms with E-state index in [2.05, 4.69) is 5.32 Å². The molecule has 0 aliphatic heterocycles. The van der Waals surface area contributed by atoms with E-state index in [1.54, 1.807) is 55.6 Å². The van der Waals surface area contributed by atoms with Gasteiger partial charge in [0.2, 0.25) is 11.8 Å². The van der Waals surface area contributed by atoms with Gasteiger partial charge in [-0.3, -0.25) is 9.59 Å². The number of methoxy groups -OCH3 is 1. The molecule has 0 saturated carbocycles. The first-order chi connectivity index (χ1) is 11.5. The summed E-state index contributed by atoms with van der Waals surface area (Å²) in [5.41, 5.74) is 1.24. The SMILES string of the molecule is COc1cccc(NC(=O)CCN(C(C)=O)c2ccccc2Cl)c1. The fraction of sp³-hybridized carbons (Fsp3) is 0.222. The van der Waals surface area contributed by atoms with Crippen LogP contribution in [0, 0.1) is 0 Å². The van der Waals surface area contributed by atoms with Crippen LogP contribution in [0.25, 0.3) is 0 Å². The number of carbonyl (C=O) groups is 2. The highest BCUT2D eigenvalue weighted by Crippen LogP contribution is 2.25. The number of nitrogens with one attached hydrogen (secondary N) is 1. The van der Waals surface area contributed by atoms with Gasteiger partial charge in [0, 0.05) is 31.6 Å². The number of rotatable bonds is 6.